The van der Waals surface area contributed by atoms with Gasteiger partial charge in [-0.05, 0) is 49.4 Å². The summed E-state index contributed by atoms with van der Waals surface area (Å²) in [7, 11) is 0. The fourth-order valence-electron chi connectivity index (χ4n) is 2.70. The van der Waals surface area contributed by atoms with E-state index in [1.54, 1.807) is 10.4 Å². The molecule has 4 rings (SSSR count). The molecule has 0 unspecified atom stereocenters. The van der Waals surface area contributed by atoms with E-state index in [1.165, 1.54) is 29.7 Å². The predicted molar refractivity (Wildman–Crippen MR) is 81.4 cm³/mol. The lowest BCUT2D eigenvalue weighted by atomic mass is 10.2. The molecule has 0 amide bonds. The number of hydrogen-bond donors (Lipinski definition) is 1. The Hall–Kier alpha value is -1.88. The highest BCUT2D eigenvalue weighted by Gasteiger charge is 2.14. The lowest BCUT2D eigenvalue weighted by Gasteiger charge is -1.98. The first-order valence-corrected chi connectivity index (χ1v) is 7.77. The van der Waals surface area contributed by atoms with E-state index < -0.39 is 0 Å². The zero-order valence-electron chi connectivity index (χ0n) is 11.4. The Balaban J connectivity index is 1.52. The summed E-state index contributed by atoms with van der Waals surface area (Å²) < 4.78 is 1.83. The van der Waals surface area contributed by atoms with Gasteiger partial charge in [-0.15, -0.1) is 16.4 Å². The molecule has 0 saturated heterocycles. The molecular formula is C15H16N4S. The molecule has 4 nitrogen and oxygen atoms in total. The van der Waals surface area contributed by atoms with Crippen molar-refractivity contribution in [1.29, 1.82) is 0 Å². The molecule has 0 radical (unpaired) electrons. The first-order chi connectivity index (χ1) is 9.78. The van der Waals surface area contributed by atoms with Crippen LogP contribution in [-0.4, -0.2) is 14.6 Å². The third-order valence-corrected chi connectivity index (χ3v) is 4.93. The van der Waals surface area contributed by atoms with Crippen molar-refractivity contribution in [3.8, 4) is 0 Å². The summed E-state index contributed by atoms with van der Waals surface area (Å²) in [4.78, 5) is 7.43. The van der Waals surface area contributed by atoms with Crippen LogP contribution in [0.15, 0.2) is 24.4 Å². The van der Waals surface area contributed by atoms with Gasteiger partial charge in [0.2, 0.25) is 5.95 Å². The molecule has 0 bridgehead atoms. The molecule has 0 aliphatic heterocycles. The fourth-order valence-corrected chi connectivity index (χ4v) is 3.91. The van der Waals surface area contributed by atoms with Gasteiger partial charge in [0.05, 0.1) is 6.54 Å². The molecule has 0 atom stereocenters. The number of rotatable bonds is 3. The molecule has 0 saturated carbocycles. The monoisotopic (exact) mass is 284 g/mol. The maximum Gasteiger partial charge on any atom is 0.243 e. The van der Waals surface area contributed by atoms with Crippen LogP contribution in [0, 0.1) is 6.92 Å². The van der Waals surface area contributed by atoms with Crippen LogP contribution in [0.1, 0.15) is 27.3 Å². The van der Waals surface area contributed by atoms with E-state index in [0.717, 1.165) is 12.2 Å². The largest absolute Gasteiger partial charge is 0.348 e. The van der Waals surface area contributed by atoms with Crippen molar-refractivity contribution in [2.45, 2.75) is 32.7 Å². The van der Waals surface area contributed by atoms with Crippen molar-refractivity contribution in [3.63, 3.8) is 0 Å². The Kier molecular flexibility index (Phi) is 2.73. The van der Waals surface area contributed by atoms with Crippen LogP contribution < -0.4 is 5.32 Å². The Morgan fingerprint density at radius 1 is 1.35 bits per heavy atom. The van der Waals surface area contributed by atoms with Crippen LogP contribution >= 0.6 is 11.3 Å². The Labute approximate surface area is 121 Å². The zero-order valence-corrected chi connectivity index (χ0v) is 12.2. The van der Waals surface area contributed by atoms with E-state index in [1.807, 2.05) is 28.1 Å². The predicted octanol–water partition coefficient (Wildman–Crippen LogP) is 3.20. The number of aromatic nitrogens is 3. The van der Waals surface area contributed by atoms with E-state index in [-0.39, 0.29) is 0 Å². The molecule has 0 aromatic carbocycles. The Bertz CT molecular complexity index is 750. The molecule has 1 N–H and O–H groups in total. The van der Waals surface area contributed by atoms with Crippen LogP contribution in [0.4, 0.5) is 5.95 Å². The van der Waals surface area contributed by atoms with E-state index in [0.29, 0.717) is 5.95 Å². The maximum atomic E-state index is 4.48. The molecule has 1 aliphatic rings. The number of pyridine rings is 1. The Morgan fingerprint density at radius 2 is 2.30 bits per heavy atom. The summed E-state index contributed by atoms with van der Waals surface area (Å²) >= 11 is 1.93. The molecule has 0 fully saturated rings. The van der Waals surface area contributed by atoms with Gasteiger partial charge < -0.3 is 5.32 Å². The van der Waals surface area contributed by atoms with Crippen molar-refractivity contribution in [2.75, 3.05) is 5.32 Å². The van der Waals surface area contributed by atoms with Gasteiger partial charge in [0.15, 0.2) is 5.65 Å². The number of aryl methyl sites for hydroxylation is 3. The number of hydrogen-bond acceptors (Lipinski definition) is 4. The summed E-state index contributed by atoms with van der Waals surface area (Å²) in [6.07, 6.45) is 5.82. The second kappa shape index (κ2) is 4.59. The lowest BCUT2D eigenvalue weighted by Crippen LogP contribution is -1.99. The standard InChI is InChI=1S/C15H16N4S/c1-10-5-6-14-17-15(18-19(14)9-10)16-8-12-7-11-3-2-4-13(11)20-12/h5-7,9H,2-4,8H2,1H3,(H,16,18). The first kappa shape index (κ1) is 11.9. The summed E-state index contributed by atoms with van der Waals surface area (Å²) in [5.41, 5.74) is 3.61. The molecule has 3 aromatic heterocycles. The van der Waals surface area contributed by atoms with Gasteiger partial charge >= 0.3 is 0 Å². The van der Waals surface area contributed by atoms with Crippen molar-refractivity contribution >= 4 is 22.9 Å². The summed E-state index contributed by atoms with van der Waals surface area (Å²) in [5.74, 6) is 0.698. The van der Waals surface area contributed by atoms with E-state index in [9.17, 15) is 0 Å². The van der Waals surface area contributed by atoms with Crippen LogP contribution in [0.5, 0.6) is 0 Å². The smallest absolute Gasteiger partial charge is 0.243 e. The SMILES string of the molecule is Cc1ccc2nc(NCc3cc4c(s3)CCC4)nn2c1. The van der Waals surface area contributed by atoms with Crippen molar-refractivity contribution in [3.05, 3.63) is 45.3 Å². The minimum atomic E-state index is 0.698. The van der Waals surface area contributed by atoms with Crippen molar-refractivity contribution < 1.29 is 0 Å². The molecule has 3 heterocycles. The maximum absolute atomic E-state index is 4.48. The van der Waals surface area contributed by atoms with E-state index >= 15 is 0 Å². The quantitative estimate of drug-likeness (QED) is 0.803. The van der Waals surface area contributed by atoms with Crippen LogP contribution in [0.25, 0.3) is 5.65 Å². The van der Waals surface area contributed by atoms with Crippen LogP contribution in [0.2, 0.25) is 0 Å². The zero-order chi connectivity index (χ0) is 13.5. The minimum Gasteiger partial charge on any atom is -0.348 e. The number of fused-ring (bicyclic) bond motifs is 2. The van der Waals surface area contributed by atoms with Gasteiger partial charge in [-0.1, -0.05) is 6.07 Å². The molecule has 3 aromatic rings. The van der Waals surface area contributed by atoms with Gasteiger partial charge in [-0.3, -0.25) is 0 Å². The topological polar surface area (TPSA) is 42.2 Å². The third kappa shape index (κ3) is 2.08. The summed E-state index contributed by atoms with van der Waals surface area (Å²) in [6.45, 7) is 2.87. The highest BCUT2D eigenvalue weighted by molar-refractivity contribution is 7.12. The molecule has 1 aliphatic carbocycles. The molecule has 5 heteroatoms. The highest BCUT2D eigenvalue weighted by atomic mass is 32.1. The average Bonchev–Trinajstić information content (AvgIpc) is 3.08. The van der Waals surface area contributed by atoms with Gasteiger partial charge in [-0.25, -0.2) is 4.52 Å². The van der Waals surface area contributed by atoms with Gasteiger partial charge in [0.25, 0.3) is 0 Å². The van der Waals surface area contributed by atoms with Crippen LogP contribution in [-0.2, 0) is 19.4 Å². The van der Waals surface area contributed by atoms with Gasteiger partial charge in [0, 0.05) is 16.0 Å². The molecule has 20 heavy (non-hydrogen) atoms. The number of nitrogens with one attached hydrogen (secondary N) is 1. The molecule has 102 valence electrons. The third-order valence-electron chi connectivity index (χ3n) is 3.70. The minimum absolute atomic E-state index is 0.698. The number of anilines is 1. The second-order valence-electron chi connectivity index (χ2n) is 5.31. The average molecular weight is 284 g/mol. The van der Waals surface area contributed by atoms with Crippen LogP contribution in [0.3, 0.4) is 0 Å². The lowest BCUT2D eigenvalue weighted by molar-refractivity contribution is 0.912. The van der Waals surface area contributed by atoms with Gasteiger partial charge in [-0.2, -0.15) is 4.98 Å². The number of nitrogens with zero attached hydrogens (tertiary/aromatic N) is 3. The Morgan fingerprint density at radius 3 is 3.20 bits per heavy atom. The highest BCUT2D eigenvalue weighted by Crippen LogP contribution is 2.30. The normalized spacial score (nSPS) is 13.8. The summed E-state index contributed by atoms with van der Waals surface area (Å²) in [5, 5.41) is 7.78. The first-order valence-electron chi connectivity index (χ1n) is 6.95. The fraction of sp³-hybridized carbons (Fsp3) is 0.333. The number of thiophene rings is 1. The van der Waals surface area contributed by atoms with Crippen molar-refractivity contribution in [1.82, 2.24) is 14.6 Å². The summed E-state index contributed by atoms with van der Waals surface area (Å²) in [6, 6.07) is 6.38. The van der Waals surface area contributed by atoms with Gasteiger partial charge in [0.1, 0.15) is 0 Å². The van der Waals surface area contributed by atoms with E-state index in [4.69, 9.17) is 0 Å². The van der Waals surface area contributed by atoms with E-state index in [2.05, 4.69) is 34.5 Å². The molecule has 0 spiro atoms. The second-order valence-corrected chi connectivity index (χ2v) is 6.53. The van der Waals surface area contributed by atoms with Crippen molar-refractivity contribution in [2.24, 2.45) is 0 Å². The molecular weight excluding hydrogens is 268 g/mol.